The van der Waals surface area contributed by atoms with Crippen LogP contribution in [0.15, 0.2) is 36.5 Å². The van der Waals surface area contributed by atoms with E-state index < -0.39 is 5.92 Å². The average Bonchev–Trinajstić information content (AvgIpc) is 3.36. The Balaban J connectivity index is 1.60. The summed E-state index contributed by atoms with van der Waals surface area (Å²) in [7, 11) is 0. The summed E-state index contributed by atoms with van der Waals surface area (Å²) in [5, 5.41) is 13.0. The summed E-state index contributed by atoms with van der Waals surface area (Å²) in [5.41, 5.74) is 4.46. The van der Waals surface area contributed by atoms with E-state index in [1.165, 1.54) is 0 Å². The lowest BCUT2D eigenvalue weighted by Gasteiger charge is -2.17. The molecule has 0 unspecified atom stereocenters. The minimum Gasteiger partial charge on any atom is -0.349 e. The molecule has 5 rings (SSSR count). The van der Waals surface area contributed by atoms with E-state index in [-0.39, 0.29) is 13.0 Å². The Morgan fingerprint density at radius 3 is 2.89 bits per heavy atom. The summed E-state index contributed by atoms with van der Waals surface area (Å²) in [4.78, 5) is 6.03. The fourth-order valence-electron chi connectivity index (χ4n) is 3.65. The van der Waals surface area contributed by atoms with Crippen LogP contribution in [0.5, 0.6) is 0 Å². The smallest absolute Gasteiger partial charge is 0.266 e. The number of nitrogens with zero attached hydrogens (tertiary/aromatic N) is 5. The molecule has 27 heavy (non-hydrogen) atoms. The molecule has 0 radical (unpaired) electrons. The topological polar surface area (TPSA) is 62.1 Å². The van der Waals surface area contributed by atoms with E-state index in [0.717, 1.165) is 34.3 Å². The first-order valence-corrected chi connectivity index (χ1v) is 8.99. The maximum absolute atomic E-state index is 13.6. The molecule has 0 spiro atoms. The van der Waals surface area contributed by atoms with Crippen LogP contribution in [-0.4, -0.2) is 43.8 Å². The van der Waals surface area contributed by atoms with Gasteiger partial charge in [0, 0.05) is 29.6 Å². The number of halogens is 2. The van der Waals surface area contributed by atoms with E-state index in [1.807, 2.05) is 18.2 Å². The largest absolute Gasteiger partial charge is 0.349 e. The number of benzene rings is 1. The second kappa shape index (κ2) is 5.73. The number of alkyl halides is 2. The number of fused-ring (bicyclic) bond motifs is 2. The molecular formula is C19H18F2N6. The number of anilines is 1. The molecule has 1 aliphatic rings. The Morgan fingerprint density at radius 2 is 2.11 bits per heavy atom. The van der Waals surface area contributed by atoms with Gasteiger partial charge in [-0.05, 0) is 30.7 Å². The van der Waals surface area contributed by atoms with Crippen molar-refractivity contribution in [2.45, 2.75) is 25.7 Å². The number of imidazole rings is 1. The van der Waals surface area contributed by atoms with Crippen molar-refractivity contribution in [1.82, 2.24) is 24.8 Å². The van der Waals surface area contributed by atoms with Crippen LogP contribution in [0, 0.1) is 0 Å². The van der Waals surface area contributed by atoms with E-state index in [4.69, 9.17) is 0 Å². The first kappa shape index (κ1) is 16.2. The lowest BCUT2D eigenvalue weighted by atomic mass is 10.1. The maximum atomic E-state index is 13.6. The highest BCUT2D eigenvalue weighted by Gasteiger charge is 2.38. The fourth-order valence-corrected chi connectivity index (χ4v) is 3.65. The Labute approximate surface area is 153 Å². The Bertz CT molecular complexity index is 1150. The van der Waals surface area contributed by atoms with Gasteiger partial charge < -0.3 is 4.90 Å². The third kappa shape index (κ3) is 2.63. The lowest BCUT2D eigenvalue weighted by Crippen LogP contribution is -2.26. The Hall–Kier alpha value is -3.03. The van der Waals surface area contributed by atoms with Gasteiger partial charge in [0.1, 0.15) is 5.82 Å². The molecule has 4 aromatic rings. The molecule has 6 nitrogen and oxygen atoms in total. The summed E-state index contributed by atoms with van der Waals surface area (Å²) in [6, 6.07) is 9.58. The van der Waals surface area contributed by atoms with E-state index in [0.29, 0.717) is 18.0 Å². The first-order chi connectivity index (χ1) is 13.0. The number of H-pyrrole nitrogens is 1. The van der Waals surface area contributed by atoms with Crippen LogP contribution in [0.2, 0.25) is 0 Å². The van der Waals surface area contributed by atoms with E-state index in [9.17, 15) is 8.78 Å². The van der Waals surface area contributed by atoms with Crippen LogP contribution in [0.1, 0.15) is 19.0 Å². The van der Waals surface area contributed by atoms with Crippen molar-refractivity contribution in [1.29, 1.82) is 0 Å². The minimum atomic E-state index is -2.66. The standard InChI is InChI=1S/C19H18F2N6/c1-2-14-13-9-12(3-4-15(13)24-23-14)16-10-22-17-5-6-18(25-27(16)17)26-8-7-19(20,21)11-26/h3-6,9-10H,2,7-8,11H2,1H3,(H,23,24). The number of aryl methyl sites for hydroxylation is 1. The predicted octanol–water partition coefficient (Wildman–Crippen LogP) is 3.68. The molecule has 1 saturated heterocycles. The van der Waals surface area contributed by atoms with Crippen molar-refractivity contribution in [3.05, 3.63) is 42.2 Å². The van der Waals surface area contributed by atoms with Crippen LogP contribution in [-0.2, 0) is 6.42 Å². The molecule has 4 heterocycles. The predicted molar refractivity (Wildman–Crippen MR) is 99.2 cm³/mol. The van der Waals surface area contributed by atoms with Gasteiger partial charge >= 0.3 is 0 Å². The van der Waals surface area contributed by atoms with Crippen molar-refractivity contribution >= 4 is 22.4 Å². The van der Waals surface area contributed by atoms with Gasteiger partial charge in [-0.1, -0.05) is 13.0 Å². The summed E-state index contributed by atoms with van der Waals surface area (Å²) in [6.07, 6.45) is 2.48. The Kier molecular flexibility index (Phi) is 3.43. The third-order valence-electron chi connectivity index (χ3n) is 5.12. The quantitative estimate of drug-likeness (QED) is 0.599. The highest BCUT2D eigenvalue weighted by molar-refractivity contribution is 5.86. The van der Waals surface area contributed by atoms with Gasteiger partial charge in [-0.25, -0.2) is 18.3 Å². The number of aromatic nitrogens is 5. The molecule has 138 valence electrons. The molecule has 8 heteroatoms. The first-order valence-electron chi connectivity index (χ1n) is 8.99. The van der Waals surface area contributed by atoms with Crippen molar-refractivity contribution in [2.24, 2.45) is 0 Å². The molecular weight excluding hydrogens is 350 g/mol. The Morgan fingerprint density at radius 1 is 1.22 bits per heavy atom. The van der Waals surface area contributed by atoms with Gasteiger partial charge in [0.15, 0.2) is 5.65 Å². The van der Waals surface area contributed by atoms with Gasteiger partial charge in [0.25, 0.3) is 5.92 Å². The zero-order valence-electron chi connectivity index (χ0n) is 14.8. The number of nitrogens with one attached hydrogen (secondary N) is 1. The summed E-state index contributed by atoms with van der Waals surface area (Å²) in [5.74, 6) is -2.12. The van der Waals surface area contributed by atoms with Crippen LogP contribution in [0.3, 0.4) is 0 Å². The number of hydrogen-bond donors (Lipinski definition) is 1. The van der Waals surface area contributed by atoms with Gasteiger partial charge in [-0.15, -0.1) is 5.10 Å². The molecule has 1 aliphatic heterocycles. The molecule has 3 aromatic heterocycles. The highest BCUT2D eigenvalue weighted by atomic mass is 19.3. The molecule has 0 bridgehead atoms. The second-order valence-corrected chi connectivity index (χ2v) is 6.92. The van der Waals surface area contributed by atoms with Crippen LogP contribution in [0.4, 0.5) is 14.6 Å². The normalized spacial score (nSPS) is 16.6. The SMILES string of the molecule is CCc1[nH]nc2ccc(-c3cnc4ccc(N5CCC(F)(F)C5)nn34)cc12. The maximum Gasteiger partial charge on any atom is 0.266 e. The molecule has 1 fully saturated rings. The van der Waals surface area contributed by atoms with Gasteiger partial charge in [0.2, 0.25) is 0 Å². The third-order valence-corrected chi connectivity index (χ3v) is 5.12. The zero-order chi connectivity index (χ0) is 18.6. The molecule has 0 aliphatic carbocycles. The molecule has 1 aromatic carbocycles. The lowest BCUT2D eigenvalue weighted by molar-refractivity contribution is 0.0256. The van der Waals surface area contributed by atoms with Crippen LogP contribution < -0.4 is 4.90 Å². The van der Waals surface area contributed by atoms with Crippen molar-refractivity contribution in [3.8, 4) is 11.3 Å². The summed E-state index contributed by atoms with van der Waals surface area (Å²) < 4.78 is 28.9. The fraction of sp³-hybridized carbons (Fsp3) is 0.316. The summed E-state index contributed by atoms with van der Waals surface area (Å²) in [6.45, 7) is 2.08. The molecule has 1 N–H and O–H groups in total. The number of rotatable bonds is 3. The number of aromatic amines is 1. The van der Waals surface area contributed by atoms with Crippen molar-refractivity contribution in [2.75, 3.05) is 18.0 Å². The van der Waals surface area contributed by atoms with E-state index in [1.54, 1.807) is 21.7 Å². The van der Waals surface area contributed by atoms with Gasteiger partial charge in [0.05, 0.1) is 24.0 Å². The van der Waals surface area contributed by atoms with Crippen LogP contribution >= 0.6 is 0 Å². The molecule has 0 amide bonds. The highest BCUT2D eigenvalue weighted by Crippen LogP contribution is 2.31. The molecule has 0 saturated carbocycles. The second-order valence-electron chi connectivity index (χ2n) is 6.92. The van der Waals surface area contributed by atoms with Crippen molar-refractivity contribution < 1.29 is 8.78 Å². The van der Waals surface area contributed by atoms with E-state index >= 15 is 0 Å². The van der Waals surface area contributed by atoms with Gasteiger partial charge in [-0.2, -0.15) is 5.10 Å². The van der Waals surface area contributed by atoms with Gasteiger partial charge in [-0.3, -0.25) is 5.10 Å². The van der Waals surface area contributed by atoms with Crippen LogP contribution in [0.25, 0.3) is 27.8 Å². The van der Waals surface area contributed by atoms with E-state index in [2.05, 4.69) is 33.3 Å². The summed E-state index contributed by atoms with van der Waals surface area (Å²) >= 11 is 0. The average molecular weight is 368 g/mol. The number of hydrogen-bond acceptors (Lipinski definition) is 4. The zero-order valence-corrected chi connectivity index (χ0v) is 14.8. The monoisotopic (exact) mass is 368 g/mol. The minimum absolute atomic E-state index is 0.138. The van der Waals surface area contributed by atoms with Crippen molar-refractivity contribution in [3.63, 3.8) is 0 Å². The molecule has 0 atom stereocenters.